The zero-order valence-corrected chi connectivity index (χ0v) is 9.28. The van der Waals surface area contributed by atoms with Crippen LogP contribution in [-0.4, -0.2) is 32.2 Å². The molecule has 0 aliphatic carbocycles. The molecule has 0 spiro atoms. The first kappa shape index (κ1) is 13.5. The molecule has 11 heavy (non-hydrogen) atoms. The van der Waals surface area contributed by atoms with Gasteiger partial charge in [0.25, 0.3) is 0 Å². The lowest BCUT2D eigenvalue weighted by atomic mass is 10.2. The highest BCUT2D eigenvalue weighted by atomic mass is 15.3. The van der Waals surface area contributed by atoms with Crippen LogP contribution in [-0.2, 0) is 0 Å². The molecule has 0 N–H and O–H groups in total. The first-order valence-electron chi connectivity index (χ1n) is 4.86. The summed E-state index contributed by atoms with van der Waals surface area (Å²) in [6, 6.07) is 0. The number of hydrogen-bond acceptors (Lipinski definition) is 0. The summed E-state index contributed by atoms with van der Waals surface area (Å²) in [4.78, 5) is 0. The van der Waals surface area contributed by atoms with Crippen LogP contribution >= 0.6 is 0 Å². The lowest BCUT2D eigenvalue weighted by Gasteiger charge is -2.23. The summed E-state index contributed by atoms with van der Waals surface area (Å²) in [7, 11) is 6.74. The Morgan fingerprint density at radius 3 is 1.64 bits per heavy atom. The highest BCUT2D eigenvalue weighted by Crippen LogP contribution is 1.98. The molecule has 0 unspecified atom stereocenters. The van der Waals surface area contributed by atoms with E-state index >= 15 is 0 Å². The third kappa shape index (κ3) is 17.8. The van der Waals surface area contributed by atoms with Crippen LogP contribution in [0.25, 0.3) is 0 Å². The van der Waals surface area contributed by atoms with Gasteiger partial charge in [0.1, 0.15) is 0 Å². The van der Waals surface area contributed by atoms with Gasteiger partial charge in [-0.15, -0.1) is 0 Å². The largest absolute Gasteiger partial charge is 0.331 e. The van der Waals surface area contributed by atoms with Gasteiger partial charge in [0.2, 0.25) is 0 Å². The smallest absolute Gasteiger partial charge is 0.0780 e. The summed E-state index contributed by atoms with van der Waals surface area (Å²) in [6.45, 7) is 7.56. The normalized spacial score (nSPS) is 10.4. The predicted molar refractivity (Wildman–Crippen MR) is 53.8 cm³/mol. The highest BCUT2D eigenvalue weighted by Gasteiger charge is 2.03. The molecule has 0 atom stereocenters. The van der Waals surface area contributed by atoms with Crippen molar-refractivity contribution in [1.29, 1.82) is 0 Å². The molecule has 0 aliphatic rings. The second kappa shape index (κ2) is 8.06. The summed E-state index contributed by atoms with van der Waals surface area (Å²) >= 11 is 0. The maximum absolute atomic E-state index is 2.25. The molecule has 0 aliphatic heterocycles. The van der Waals surface area contributed by atoms with Crippen molar-refractivity contribution in [2.24, 2.45) is 0 Å². The summed E-state index contributed by atoms with van der Waals surface area (Å²) < 4.78 is 1.11. The molecule has 70 valence electrons. The van der Waals surface area contributed by atoms with Crippen molar-refractivity contribution in [1.82, 2.24) is 0 Å². The molecule has 0 radical (unpaired) electrons. The molecule has 0 fully saturated rings. The van der Waals surface area contributed by atoms with Crippen LogP contribution in [0.5, 0.6) is 0 Å². The van der Waals surface area contributed by atoms with Crippen molar-refractivity contribution < 1.29 is 4.48 Å². The third-order valence-electron chi connectivity index (χ3n) is 1.43. The van der Waals surface area contributed by atoms with Crippen molar-refractivity contribution in [2.75, 3.05) is 27.7 Å². The first-order chi connectivity index (χ1) is 5.06. The quantitative estimate of drug-likeness (QED) is 0.438. The fourth-order valence-corrected chi connectivity index (χ4v) is 0.836. The molecular formula is C10H26N+. The first-order valence-corrected chi connectivity index (χ1v) is 4.86. The van der Waals surface area contributed by atoms with Crippen LogP contribution in [0, 0.1) is 0 Å². The summed E-state index contributed by atoms with van der Waals surface area (Å²) in [5, 5.41) is 0. The molecule has 0 saturated carbocycles. The van der Waals surface area contributed by atoms with E-state index in [1.54, 1.807) is 0 Å². The Kier molecular flexibility index (Phi) is 9.92. The molecule has 0 aromatic heterocycles. The van der Waals surface area contributed by atoms with Crippen LogP contribution in [0.15, 0.2) is 0 Å². The molecule has 1 heteroatoms. The number of unbranched alkanes of at least 4 members (excludes halogenated alkanes) is 2. The van der Waals surface area contributed by atoms with Gasteiger partial charge >= 0.3 is 0 Å². The van der Waals surface area contributed by atoms with Crippen molar-refractivity contribution in [3.05, 3.63) is 0 Å². The van der Waals surface area contributed by atoms with E-state index in [1.807, 2.05) is 13.8 Å². The van der Waals surface area contributed by atoms with Crippen LogP contribution in [0.3, 0.4) is 0 Å². The van der Waals surface area contributed by atoms with Crippen molar-refractivity contribution in [3.63, 3.8) is 0 Å². The number of quaternary nitrogens is 1. The van der Waals surface area contributed by atoms with Gasteiger partial charge in [0.05, 0.1) is 27.7 Å². The Morgan fingerprint density at radius 1 is 0.909 bits per heavy atom. The molecule has 0 heterocycles. The van der Waals surface area contributed by atoms with E-state index in [9.17, 15) is 0 Å². The topological polar surface area (TPSA) is 0 Å². The van der Waals surface area contributed by atoms with Gasteiger partial charge in [-0.25, -0.2) is 0 Å². The van der Waals surface area contributed by atoms with Crippen molar-refractivity contribution in [3.8, 4) is 0 Å². The number of hydrogen-bond donors (Lipinski definition) is 0. The van der Waals surface area contributed by atoms with E-state index in [0.29, 0.717) is 0 Å². The highest BCUT2D eigenvalue weighted by molar-refractivity contribution is 4.34. The SMILES string of the molecule is CC.CCCCC[N+](C)(C)C. The Balaban J connectivity index is 0. The fourth-order valence-electron chi connectivity index (χ4n) is 0.836. The molecule has 0 saturated heterocycles. The predicted octanol–water partition coefficient (Wildman–Crippen LogP) is 2.91. The van der Waals surface area contributed by atoms with Crippen LogP contribution < -0.4 is 0 Å². The summed E-state index contributed by atoms with van der Waals surface area (Å²) in [5.41, 5.74) is 0. The minimum absolute atomic E-state index is 1.11. The Bertz CT molecular complexity index is 61.8. The average molecular weight is 160 g/mol. The van der Waals surface area contributed by atoms with Crippen molar-refractivity contribution in [2.45, 2.75) is 40.0 Å². The average Bonchev–Trinajstić information content (AvgIpc) is 1.90. The molecule has 1 nitrogen and oxygen atoms in total. The van der Waals surface area contributed by atoms with Gasteiger partial charge in [-0.05, 0) is 12.8 Å². The van der Waals surface area contributed by atoms with Crippen LogP contribution in [0.2, 0.25) is 0 Å². The third-order valence-corrected chi connectivity index (χ3v) is 1.43. The molecule has 0 aromatic rings. The second-order valence-electron chi connectivity index (χ2n) is 3.72. The van der Waals surface area contributed by atoms with E-state index in [4.69, 9.17) is 0 Å². The van der Waals surface area contributed by atoms with E-state index < -0.39 is 0 Å². The standard InChI is InChI=1S/C8H20N.C2H6/c1-5-6-7-8-9(2,3)4;1-2/h5-8H2,1-4H3;1-2H3/q+1;. The zero-order chi connectivity index (χ0) is 9.33. The van der Waals surface area contributed by atoms with Crippen LogP contribution in [0.1, 0.15) is 40.0 Å². The van der Waals surface area contributed by atoms with Crippen LogP contribution in [0.4, 0.5) is 0 Å². The van der Waals surface area contributed by atoms with E-state index in [-0.39, 0.29) is 0 Å². The summed E-state index contributed by atoms with van der Waals surface area (Å²) in [5.74, 6) is 0. The monoisotopic (exact) mass is 160 g/mol. The summed E-state index contributed by atoms with van der Waals surface area (Å²) in [6.07, 6.45) is 4.09. The molecular weight excluding hydrogens is 134 g/mol. The lowest BCUT2D eigenvalue weighted by Crippen LogP contribution is -2.35. The Hall–Kier alpha value is -0.0400. The van der Waals surface area contributed by atoms with Gasteiger partial charge in [0.15, 0.2) is 0 Å². The van der Waals surface area contributed by atoms with Gasteiger partial charge in [-0.1, -0.05) is 27.2 Å². The van der Waals surface area contributed by atoms with E-state index in [1.165, 1.54) is 25.8 Å². The number of rotatable bonds is 4. The van der Waals surface area contributed by atoms with E-state index in [0.717, 1.165) is 4.48 Å². The number of nitrogens with zero attached hydrogens (tertiary/aromatic N) is 1. The zero-order valence-electron chi connectivity index (χ0n) is 9.28. The van der Waals surface area contributed by atoms with Crippen molar-refractivity contribution >= 4 is 0 Å². The van der Waals surface area contributed by atoms with Gasteiger partial charge < -0.3 is 4.48 Å². The maximum atomic E-state index is 2.25. The van der Waals surface area contributed by atoms with Gasteiger partial charge in [-0.3, -0.25) is 0 Å². The molecule has 0 aromatic carbocycles. The Morgan fingerprint density at radius 2 is 1.36 bits per heavy atom. The molecule has 0 rings (SSSR count). The lowest BCUT2D eigenvalue weighted by molar-refractivity contribution is -0.870. The minimum Gasteiger partial charge on any atom is -0.331 e. The van der Waals surface area contributed by atoms with Gasteiger partial charge in [0, 0.05) is 0 Å². The fraction of sp³-hybridized carbons (Fsp3) is 1.00. The molecule has 0 amide bonds. The Labute approximate surface area is 73.0 Å². The van der Waals surface area contributed by atoms with E-state index in [2.05, 4.69) is 28.1 Å². The maximum Gasteiger partial charge on any atom is 0.0780 e. The second-order valence-corrected chi connectivity index (χ2v) is 3.72. The van der Waals surface area contributed by atoms with Gasteiger partial charge in [-0.2, -0.15) is 0 Å². The minimum atomic E-state index is 1.11. The molecule has 0 bridgehead atoms.